The highest BCUT2D eigenvalue weighted by Gasteiger charge is 2.57. The zero-order valence-corrected chi connectivity index (χ0v) is 14.9. The number of nitrogens with one attached hydrogen (secondary N) is 1. The summed E-state index contributed by atoms with van der Waals surface area (Å²) in [5.41, 5.74) is 0.269. The van der Waals surface area contributed by atoms with Crippen molar-refractivity contribution in [1.82, 2.24) is 4.98 Å². The van der Waals surface area contributed by atoms with E-state index in [1.54, 1.807) is 19.2 Å². The second-order valence-electron chi connectivity index (χ2n) is 6.94. The van der Waals surface area contributed by atoms with E-state index < -0.39 is 36.6 Å². The largest absolute Gasteiger partial charge is 1.00 e. The first kappa shape index (κ1) is 20.8. The molecule has 1 aromatic heterocycles. The molecule has 0 aromatic carbocycles. The van der Waals surface area contributed by atoms with Crippen LogP contribution in [0.1, 0.15) is 24.4 Å². The van der Waals surface area contributed by atoms with E-state index in [1.165, 1.54) is 6.20 Å². The molecule has 0 radical (unpaired) electrons. The highest BCUT2D eigenvalue weighted by atomic mass is 35.5. The topological polar surface area (TPSA) is 140 Å². The third-order valence-corrected chi connectivity index (χ3v) is 5.45. The minimum absolute atomic E-state index is 0. The lowest BCUT2D eigenvalue weighted by Gasteiger charge is -2.49. The number of ether oxygens (including phenoxy) is 1. The molecule has 2 aliphatic heterocycles. The number of likely N-dealkylation sites (tertiary alicyclic amines) is 1. The van der Waals surface area contributed by atoms with E-state index in [0.29, 0.717) is 18.5 Å². The Labute approximate surface area is 155 Å². The van der Waals surface area contributed by atoms with Gasteiger partial charge in [0, 0.05) is 19.0 Å². The molecule has 0 saturated carbocycles. The number of aromatic amines is 1. The maximum atomic E-state index is 12.2. The van der Waals surface area contributed by atoms with Gasteiger partial charge >= 0.3 is 5.97 Å². The van der Waals surface area contributed by atoms with Gasteiger partial charge in [-0.05, 0) is 12.1 Å². The summed E-state index contributed by atoms with van der Waals surface area (Å²) in [4.78, 5) is 26.2. The highest BCUT2D eigenvalue weighted by Crippen LogP contribution is 2.42. The fourth-order valence-electron chi connectivity index (χ4n) is 4.10. The lowest BCUT2D eigenvalue weighted by atomic mass is 9.95. The first-order valence-electron chi connectivity index (χ1n) is 8.22. The molecule has 9 nitrogen and oxygen atoms in total. The molecule has 0 aliphatic carbocycles. The zero-order valence-electron chi connectivity index (χ0n) is 14.2. The molecular weight excluding hydrogens is 368 g/mol. The summed E-state index contributed by atoms with van der Waals surface area (Å²) in [6, 6.07) is 3.08. The molecule has 1 aromatic rings. The number of H-pyrrole nitrogens is 1. The number of hydrogen-bond donors (Lipinski definition) is 5. The third kappa shape index (κ3) is 3.26. The molecule has 2 saturated heterocycles. The average molecular weight is 391 g/mol. The molecule has 7 unspecified atom stereocenters. The van der Waals surface area contributed by atoms with Gasteiger partial charge in [0.2, 0.25) is 6.23 Å². The van der Waals surface area contributed by atoms with Crippen molar-refractivity contribution in [2.24, 2.45) is 0 Å². The number of aliphatic hydroxyl groups excluding tert-OH is 3. The maximum Gasteiger partial charge on any atom is 0.335 e. The van der Waals surface area contributed by atoms with Crippen molar-refractivity contribution in [3.8, 4) is 0 Å². The van der Waals surface area contributed by atoms with E-state index in [4.69, 9.17) is 4.74 Å². The number of carboxylic acids is 1. The Balaban J connectivity index is 0.00000243. The summed E-state index contributed by atoms with van der Waals surface area (Å²) in [6.45, 7) is 0.538. The monoisotopic (exact) mass is 390 g/mol. The van der Waals surface area contributed by atoms with Crippen LogP contribution in [-0.2, 0) is 9.53 Å². The summed E-state index contributed by atoms with van der Waals surface area (Å²) in [5.74, 6) is -1.41. The molecule has 3 rings (SSSR count). The zero-order chi connectivity index (χ0) is 18.4. The van der Waals surface area contributed by atoms with Crippen LogP contribution in [0.15, 0.2) is 23.1 Å². The Hall–Kier alpha value is -1.49. The number of hydrogen-bond acceptors (Lipinski definition) is 6. The third-order valence-electron chi connectivity index (χ3n) is 5.45. The van der Waals surface area contributed by atoms with Gasteiger partial charge in [0.15, 0.2) is 12.2 Å². The number of halogens is 1. The fourth-order valence-corrected chi connectivity index (χ4v) is 4.10. The lowest BCUT2D eigenvalue weighted by molar-refractivity contribution is -0.977. The van der Waals surface area contributed by atoms with Crippen LogP contribution in [0.25, 0.3) is 0 Å². The van der Waals surface area contributed by atoms with Crippen molar-refractivity contribution in [2.45, 2.75) is 49.5 Å². The Bertz CT molecular complexity index is 714. The summed E-state index contributed by atoms with van der Waals surface area (Å²) < 4.78 is 5.58. The fraction of sp³-hybridized carbons (Fsp3) is 0.625. The summed E-state index contributed by atoms with van der Waals surface area (Å²) in [5, 5.41) is 39.7. The van der Waals surface area contributed by atoms with Crippen molar-refractivity contribution < 1.29 is 46.8 Å². The normalized spacial score (nSPS) is 40.0. The molecule has 10 heteroatoms. The molecule has 26 heavy (non-hydrogen) atoms. The van der Waals surface area contributed by atoms with Gasteiger partial charge in [-0.2, -0.15) is 0 Å². The summed E-state index contributed by atoms with van der Waals surface area (Å²) in [6.07, 6.45) is -4.64. The highest BCUT2D eigenvalue weighted by molar-refractivity contribution is 5.73. The minimum Gasteiger partial charge on any atom is -1.00 e. The number of aromatic nitrogens is 1. The number of aliphatic hydroxyl groups is 3. The van der Waals surface area contributed by atoms with E-state index in [1.807, 2.05) is 0 Å². The SMILES string of the molecule is C[N+]1(C2OC(C(=O)O)C(O)C(O)C2O)CCCC1c1ccc[nH]c1=O.[Cl-]. The molecule has 146 valence electrons. The number of pyridine rings is 1. The van der Waals surface area contributed by atoms with Gasteiger partial charge < -0.3 is 42.6 Å². The number of carboxylic acid groups (broad SMARTS) is 1. The van der Waals surface area contributed by atoms with Crippen LogP contribution < -0.4 is 18.0 Å². The van der Waals surface area contributed by atoms with E-state index in [2.05, 4.69) is 4.98 Å². The quantitative estimate of drug-likeness (QED) is 0.328. The predicted molar refractivity (Wildman–Crippen MR) is 84.4 cm³/mol. The van der Waals surface area contributed by atoms with Gasteiger partial charge in [-0.25, -0.2) is 4.79 Å². The average Bonchev–Trinajstić information content (AvgIpc) is 2.95. The van der Waals surface area contributed by atoms with Crippen LogP contribution in [0.2, 0.25) is 0 Å². The molecule has 3 heterocycles. The number of nitrogens with zero attached hydrogens (tertiary/aromatic N) is 1. The van der Waals surface area contributed by atoms with Gasteiger partial charge in [0.1, 0.15) is 18.2 Å². The Kier molecular flexibility index (Phi) is 6.11. The Morgan fingerprint density at radius 1 is 1.27 bits per heavy atom. The first-order valence-corrected chi connectivity index (χ1v) is 8.22. The van der Waals surface area contributed by atoms with Crippen molar-refractivity contribution in [2.75, 3.05) is 13.6 Å². The van der Waals surface area contributed by atoms with E-state index >= 15 is 0 Å². The number of carbonyl (C=O) groups is 1. The predicted octanol–water partition coefficient (Wildman–Crippen LogP) is -4.45. The molecule has 0 bridgehead atoms. The second-order valence-corrected chi connectivity index (χ2v) is 6.94. The lowest BCUT2D eigenvalue weighted by Crippen LogP contribution is -3.00. The van der Waals surface area contributed by atoms with Gasteiger partial charge in [0.05, 0.1) is 19.2 Å². The van der Waals surface area contributed by atoms with Crippen molar-refractivity contribution >= 4 is 5.97 Å². The van der Waals surface area contributed by atoms with Crippen molar-refractivity contribution in [1.29, 1.82) is 0 Å². The van der Waals surface area contributed by atoms with Crippen molar-refractivity contribution in [3.05, 3.63) is 34.2 Å². The molecule has 2 aliphatic rings. The van der Waals surface area contributed by atoms with Crippen LogP contribution in [0.4, 0.5) is 0 Å². The Morgan fingerprint density at radius 2 is 1.96 bits per heavy atom. The second kappa shape index (κ2) is 7.63. The summed E-state index contributed by atoms with van der Waals surface area (Å²) >= 11 is 0. The van der Waals surface area contributed by atoms with E-state index in [-0.39, 0.29) is 28.5 Å². The van der Waals surface area contributed by atoms with Crippen LogP contribution in [0.5, 0.6) is 0 Å². The Morgan fingerprint density at radius 3 is 2.58 bits per heavy atom. The first-order chi connectivity index (χ1) is 11.8. The number of quaternary nitrogens is 1. The van der Waals surface area contributed by atoms with Gasteiger partial charge in [-0.1, -0.05) is 0 Å². The number of aliphatic carboxylic acids is 1. The van der Waals surface area contributed by atoms with E-state index in [9.17, 15) is 30.0 Å². The number of likely N-dealkylation sites (N-methyl/N-ethyl adjacent to an activating group) is 1. The minimum atomic E-state index is -1.73. The van der Waals surface area contributed by atoms with Crippen LogP contribution >= 0.6 is 0 Å². The summed E-state index contributed by atoms with van der Waals surface area (Å²) in [7, 11) is 1.77. The molecule has 2 fully saturated rings. The smallest absolute Gasteiger partial charge is 0.335 e. The van der Waals surface area contributed by atoms with E-state index in [0.717, 1.165) is 6.42 Å². The van der Waals surface area contributed by atoms with Gasteiger partial charge in [-0.3, -0.25) is 9.28 Å². The van der Waals surface area contributed by atoms with Crippen LogP contribution in [0.3, 0.4) is 0 Å². The molecule has 0 amide bonds. The molecule has 7 atom stereocenters. The maximum absolute atomic E-state index is 12.2. The van der Waals surface area contributed by atoms with Gasteiger partial charge in [-0.15, -0.1) is 0 Å². The van der Waals surface area contributed by atoms with Gasteiger partial charge in [0.25, 0.3) is 5.56 Å². The number of rotatable bonds is 3. The van der Waals surface area contributed by atoms with Crippen molar-refractivity contribution in [3.63, 3.8) is 0 Å². The molecular formula is C16H23ClN2O7. The molecule has 5 N–H and O–H groups in total. The molecule has 0 spiro atoms. The van der Waals surface area contributed by atoms with Crippen LogP contribution in [0, 0.1) is 0 Å². The van der Waals surface area contributed by atoms with Crippen LogP contribution in [-0.4, -0.2) is 80.1 Å². The standard InChI is InChI=1S/C16H22N2O7.ClH/c1-18(7-3-5-9(18)8-4-2-6-17-14(8)22)15-12(21)10(19)11(20)13(25-15)16(23)24;/h2,4,6,9-13,15,19-21H,3,5,7H2,1H3,(H-,17,22,23,24);1H.